The summed E-state index contributed by atoms with van der Waals surface area (Å²) >= 11 is 0. The van der Waals surface area contributed by atoms with Crippen molar-refractivity contribution >= 4 is 17.7 Å². The van der Waals surface area contributed by atoms with Crippen molar-refractivity contribution in [2.24, 2.45) is 17.8 Å². The molecular formula is C19H24F2N4O2. The molecule has 146 valence electrons. The number of fused-ring (bicyclic) bond motifs is 2. The predicted molar refractivity (Wildman–Crippen MR) is 95.0 cm³/mol. The molecule has 1 aromatic heterocycles. The van der Waals surface area contributed by atoms with Gasteiger partial charge in [0.15, 0.2) is 0 Å². The van der Waals surface area contributed by atoms with Crippen LogP contribution in [0.5, 0.6) is 0 Å². The number of rotatable bonds is 4. The Kier molecular flexibility index (Phi) is 3.65. The van der Waals surface area contributed by atoms with Crippen molar-refractivity contribution in [1.82, 2.24) is 9.97 Å². The summed E-state index contributed by atoms with van der Waals surface area (Å²) in [5.41, 5.74) is 0.538. The number of carbonyl (C=O) groups excluding carboxylic acids is 1. The van der Waals surface area contributed by atoms with Gasteiger partial charge in [-0.25, -0.2) is 4.98 Å². The lowest BCUT2D eigenvalue weighted by Crippen LogP contribution is -2.47. The van der Waals surface area contributed by atoms with Gasteiger partial charge in [0, 0.05) is 44.1 Å². The Bertz CT molecular complexity index is 790. The monoisotopic (exact) mass is 378 g/mol. The number of hydrogen-bond acceptors (Lipinski definition) is 6. The molecule has 1 aromatic rings. The first kappa shape index (κ1) is 17.1. The number of aromatic nitrogens is 2. The first-order chi connectivity index (χ1) is 12.9. The van der Waals surface area contributed by atoms with E-state index in [1.54, 1.807) is 0 Å². The van der Waals surface area contributed by atoms with E-state index in [0.29, 0.717) is 54.0 Å². The van der Waals surface area contributed by atoms with Gasteiger partial charge >= 0.3 is 5.97 Å². The zero-order valence-electron chi connectivity index (χ0n) is 15.6. The predicted octanol–water partition coefficient (Wildman–Crippen LogP) is 2.36. The molecule has 2 aliphatic carbocycles. The number of carbonyl (C=O) groups is 1. The standard InChI is InChI=1S/C19H24F2N4O2/c1-10-4-6-25(10)18-22-16-11(3-5-19(16,20)21)17(23-18)24-8-13-12(14(13)9-24)7-15(26)27-2/h10,12-14H,3-9H2,1-2H3/t10?,12?,13-,14+. The summed E-state index contributed by atoms with van der Waals surface area (Å²) in [5.74, 6) is -0.680. The molecule has 0 radical (unpaired) electrons. The SMILES string of the molecule is COC(=O)CC1[C@H]2CN(c3nc(N4CCC4C)nc4c3CCC4(F)F)C[C@@H]12. The Morgan fingerprint density at radius 3 is 2.63 bits per heavy atom. The number of halogens is 2. The van der Waals surface area contributed by atoms with E-state index in [2.05, 4.69) is 16.8 Å². The minimum absolute atomic E-state index is 0.0757. The van der Waals surface area contributed by atoms with Crippen LogP contribution in [0.4, 0.5) is 20.5 Å². The van der Waals surface area contributed by atoms with Crippen LogP contribution in [-0.4, -0.2) is 48.7 Å². The number of hydrogen-bond donors (Lipinski definition) is 0. The van der Waals surface area contributed by atoms with Gasteiger partial charge in [-0.3, -0.25) is 4.79 Å². The largest absolute Gasteiger partial charge is 0.469 e. The van der Waals surface area contributed by atoms with Crippen LogP contribution >= 0.6 is 0 Å². The second kappa shape index (κ2) is 5.75. The third-order valence-corrected chi connectivity index (χ3v) is 6.89. The summed E-state index contributed by atoms with van der Waals surface area (Å²) in [7, 11) is 1.41. The van der Waals surface area contributed by atoms with E-state index in [1.807, 2.05) is 4.90 Å². The lowest BCUT2D eigenvalue weighted by atomic mass is 10.1. The van der Waals surface area contributed by atoms with Crippen molar-refractivity contribution in [2.75, 3.05) is 36.5 Å². The van der Waals surface area contributed by atoms with Crippen molar-refractivity contribution in [2.45, 2.75) is 44.6 Å². The van der Waals surface area contributed by atoms with Crippen LogP contribution in [0.1, 0.15) is 37.4 Å². The Labute approximate surface area is 156 Å². The highest BCUT2D eigenvalue weighted by molar-refractivity contribution is 5.70. The van der Waals surface area contributed by atoms with Crippen molar-refractivity contribution in [3.05, 3.63) is 11.3 Å². The maximum absolute atomic E-state index is 14.4. The van der Waals surface area contributed by atoms with Crippen molar-refractivity contribution in [3.63, 3.8) is 0 Å². The van der Waals surface area contributed by atoms with Crippen molar-refractivity contribution in [1.29, 1.82) is 0 Å². The molecule has 0 spiro atoms. The lowest BCUT2D eigenvalue weighted by molar-refractivity contribution is -0.141. The molecule has 0 bridgehead atoms. The zero-order valence-corrected chi connectivity index (χ0v) is 15.6. The van der Waals surface area contributed by atoms with Crippen LogP contribution in [0.2, 0.25) is 0 Å². The molecule has 27 heavy (non-hydrogen) atoms. The summed E-state index contributed by atoms with van der Waals surface area (Å²) in [5, 5.41) is 0. The third-order valence-electron chi connectivity index (χ3n) is 6.89. The molecule has 2 aliphatic heterocycles. The molecular weight excluding hydrogens is 354 g/mol. The minimum atomic E-state index is -2.87. The highest BCUT2D eigenvalue weighted by Gasteiger charge is 2.57. The second-order valence-corrected chi connectivity index (χ2v) is 8.39. The molecule has 0 amide bonds. The molecule has 0 N–H and O–H groups in total. The quantitative estimate of drug-likeness (QED) is 0.750. The van der Waals surface area contributed by atoms with E-state index in [9.17, 15) is 13.6 Å². The summed E-state index contributed by atoms with van der Waals surface area (Å²) in [4.78, 5) is 24.7. The number of ether oxygens (including phenoxy) is 1. The van der Waals surface area contributed by atoms with Gasteiger partial charge < -0.3 is 14.5 Å². The van der Waals surface area contributed by atoms with Crippen LogP contribution in [0.3, 0.4) is 0 Å². The average Bonchev–Trinajstić information content (AvgIpc) is 2.96. The first-order valence-corrected chi connectivity index (χ1v) is 9.76. The summed E-state index contributed by atoms with van der Waals surface area (Å²) in [6, 6.07) is 0.294. The van der Waals surface area contributed by atoms with Crippen molar-refractivity contribution < 1.29 is 18.3 Å². The van der Waals surface area contributed by atoms with Crippen LogP contribution in [0.15, 0.2) is 0 Å². The maximum Gasteiger partial charge on any atom is 0.305 e. The topological polar surface area (TPSA) is 58.6 Å². The van der Waals surface area contributed by atoms with E-state index < -0.39 is 5.92 Å². The minimum Gasteiger partial charge on any atom is -0.469 e. The molecule has 2 unspecified atom stereocenters. The fraction of sp³-hybridized carbons (Fsp3) is 0.737. The molecule has 0 aromatic carbocycles. The number of piperidine rings is 1. The molecule has 6 nitrogen and oxygen atoms in total. The van der Waals surface area contributed by atoms with Gasteiger partial charge in [-0.15, -0.1) is 0 Å². The first-order valence-electron chi connectivity index (χ1n) is 9.76. The molecule has 4 aliphatic rings. The van der Waals surface area contributed by atoms with Gasteiger partial charge in [0.2, 0.25) is 5.95 Å². The molecule has 1 saturated carbocycles. The van der Waals surface area contributed by atoms with Crippen LogP contribution in [0, 0.1) is 17.8 Å². The fourth-order valence-corrected chi connectivity index (χ4v) is 5.00. The molecule has 8 heteroatoms. The molecule has 3 fully saturated rings. The summed E-state index contributed by atoms with van der Waals surface area (Å²) < 4.78 is 33.6. The van der Waals surface area contributed by atoms with Gasteiger partial charge in [-0.2, -0.15) is 13.8 Å². The third kappa shape index (κ3) is 2.59. The van der Waals surface area contributed by atoms with Gasteiger partial charge in [0.1, 0.15) is 11.5 Å². The van der Waals surface area contributed by atoms with Crippen molar-refractivity contribution in [3.8, 4) is 0 Å². The Morgan fingerprint density at radius 1 is 1.30 bits per heavy atom. The number of esters is 1. The molecule has 3 heterocycles. The number of nitrogens with zero attached hydrogens (tertiary/aromatic N) is 4. The van der Waals surface area contributed by atoms with Crippen LogP contribution < -0.4 is 9.80 Å². The second-order valence-electron chi connectivity index (χ2n) is 8.39. The molecule has 4 atom stereocenters. The van der Waals surface area contributed by atoms with E-state index in [0.717, 1.165) is 26.1 Å². The highest BCUT2D eigenvalue weighted by atomic mass is 19.3. The van der Waals surface area contributed by atoms with Gasteiger partial charge in [-0.1, -0.05) is 0 Å². The van der Waals surface area contributed by atoms with E-state index in [4.69, 9.17) is 9.72 Å². The average molecular weight is 378 g/mol. The van der Waals surface area contributed by atoms with Gasteiger partial charge in [0.05, 0.1) is 7.11 Å². The van der Waals surface area contributed by atoms with Gasteiger partial charge in [-0.05, 0) is 37.5 Å². The summed E-state index contributed by atoms with van der Waals surface area (Å²) in [6.45, 7) is 4.43. The highest BCUT2D eigenvalue weighted by Crippen LogP contribution is 2.55. The molecule has 5 rings (SSSR count). The van der Waals surface area contributed by atoms with E-state index in [-0.39, 0.29) is 18.1 Å². The van der Waals surface area contributed by atoms with E-state index in [1.165, 1.54) is 7.11 Å². The fourth-order valence-electron chi connectivity index (χ4n) is 5.00. The Balaban J connectivity index is 1.41. The van der Waals surface area contributed by atoms with Gasteiger partial charge in [0.25, 0.3) is 5.92 Å². The zero-order chi connectivity index (χ0) is 18.9. The van der Waals surface area contributed by atoms with Crippen LogP contribution in [-0.2, 0) is 21.9 Å². The maximum atomic E-state index is 14.4. The Hall–Kier alpha value is -1.99. The number of alkyl halides is 2. The Morgan fingerprint density at radius 2 is 2.04 bits per heavy atom. The summed E-state index contributed by atoms with van der Waals surface area (Å²) in [6.07, 6.45) is 1.63. The van der Waals surface area contributed by atoms with Crippen LogP contribution in [0.25, 0.3) is 0 Å². The smallest absolute Gasteiger partial charge is 0.305 e. The number of methoxy groups -OCH3 is 1. The lowest BCUT2D eigenvalue weighted by Gasteiger charge is -2.39. The molecule has 2 saturated heterocycles. The normalized spacial score (nSPS) is 32.7. The number of anilines is 2. The van der Waals surface area contributed by atoms with E-state index >= 15 is 0 Å².